The van der Waals surface area contributed by atoms with Crippen molar-refractivity contribution in [2.75, 3.05) is 20.2 Å². The Labute approximate surface area is 99.0 Å². The molecule has 1 fully saturated rings. The second-order valence-electron chi connectivity index (χ2n) is 4.11. The minimum absolute atomic E-state index is 0.105. The van der Waals surface area contributed by atoms with Crippen molar-refractivity contribution in [3.63, 3.8) is 0 Å². The van der Waals surface area contributed by atoms with E-state index in [0.717, 1.165) is 25.1 Å². The Hall–Kier alpha value is -1.75. The zero-order chi connectivity index (χ0) is 12.4. The number of carboxylic acids is 1. The molecule has 1 aliphatic heterocycles. The van der Waals surface area contributed by atoms with E-state index in [-0.39, 0.29) is 23.0 Å². The average molecular weight is 237 g/mol. The lowest BCUT2D eigenvalue weighted by Crippen LogP contribution is -2.09. The number of ether oxygens (including phenoxy) is 1. The maximum absolute atomic E-state index is 11.0. The summed E-state index contributed by atoms with van der Waals surface area (Å²) in [7, 11) is 1.41. The van der Waals surface area contributed by atoms with E-state index in [9.17, 15) is 9.90 Å². The van der Waals surface area contributed by atoms with Gasteiger partial charge in [-0.05, 0) is 36.6 Å². The summed E-state index contributed by atoms with van der Waals surface area (Å²) in [6, 6.07) is 3.23. The van der Waals surface area contributed by atoms with Crippen LogP contribution in [0.3, 0.4) is 0 Å². The highest BCUT2D eigenvalue weighted by molar-refractivity contribution is 5.92. The van der Waals surface area contributed by atoms with Gasteiger partial charge in [0.15, 0.2) is 11.5 Å². The van der Waals surface area contributed by atoms with Crippen LogP contribution in [0.2, 0.25) is 0 Å². The Kier molecular flexibility index (Phi) is 3.19. The molecule has 1 aliphatic rings. The van der Waals surface area contributed by atoms with Gasteiger partial charge in [-0.3, -0.25) is 0 Å². The quantitative estimate of drug-likeness (QED) is 0.735. The van der Waals surface area contributed by atoms with Gasteiger partial charge in [0.1, 0.15) is 5.56 Å². The Balaban J connectivity index is 2.46. The van der Waals surface area contributed by atoms with Crippen molar-refractivity contribution >= 4 is 5.97 Å². The molecule has 1 atom stereocenters. The molecule has 1 unspecified atom stereocenters. The number of phenols is 1. The van der Waals surface area contributed by atoms with Crippen molar-refractivity contribution < 1.29 is 19.7 Å². The van der Waals surface area contributed by atoms with Crippen LogP contribution in [-0.2, 0) is 0 Å². The molecule has 0 bridgehead atoms. The standard InChI is InChI=1S/C12H15NO4/c1-17-10-5-8(7-2-3-13-6-7)4-9(11(10)14)12(15)16/h4-5,7,13-14H,2-3,6H2,1H3,(H,15,16). The highest BCUT2D eigenvalue weighted by Crippen LogP contribution is 2.35. The van der Waals surface area contributed by atoms with E-state index in [1.165, 1.54) is 13.2 Å². The SMILES string of the molecule is COc1cc(C2CCNC2)cc(C(=O)O)c1O. The first-order valence-electron chi connectivity index (χ1n) is 5.48. The van der Waals surface area contributed by atoms with Crippen molar-refractivity contribution in [1.82, 2.24) is 5.32 Å². The monoisotopic (exact) mass is 237 g/mol. The summed E-state index contributed by atoms with van der Waals surface area (Å²) in [6.07, 6.45) is 0.965. The second-order valence-corrected chi connectivity index (χ2v) is 4.11. The number of carboxylic acid groups (broad SMARTS) is 1. The van der Waals surface area contributed by atoms with Gasteiger partial charge < -0.3 is 20.3 Å². The summed E-state index contributed by atoms with van der Waals surface area (Å²) >= 11 is 0. The van der Waals surface area contributed by atoms with Gasteiger partial charge in [-0.2, -0.15) is 0 Å². The lowest BCUT2D eigenvalue weighted by molar-refractivity contribution is 0.0693. The number of methoxy groups -OCH3 is 1. The molecule has 0 spiro atoms. The zero-order valence-corrected chi connectivity index (χ0v) is 9.56. The molecule has 0 aliphatic carbocycles. The fourth-order valence-corrected chi connectivity index (χ4v) is 2.12. The van der Waals surface area contributed by atoms with Crippen LogP contribution in [0.4, 0.5) is 0 Å². The third-order valence-electron chi connectivity index (χ3n) is 3.08. The fraction of sp³-hybridized carbons (Fsp3) is 0.417. The largest absolute Gasteiger partial charge is 0.504 e. The number of nitrogens with one attached hydrogen (secondary N) is 1. The normalized spacial score (nSPS) is 19.2. The molecule has 0 aromatic heterocycles. The minimum atomic E-state index is -1.14. The van der Waals surface area contributed by atoms with E-state index in [1.54, 1.807) is 6.07 Å². The zero-order valence-electron chi connectivity index (χ0n) is 9.56. The van der Waals surface area contributed by atoms with E-state index in [2.05, 4.69) is 5.32 Å². The first-order valence-corrected chi connectivity index (χ1v) is 5.48. The summed E-state index contributed by atoms with van der Waals surface area (Å²) in [4.78, 5) is 11.0. The number of hydrogen-bond donors (Lipinski definition) is 3. The summed E-state index contributed by atoms with van der Waals surface area (Å²) < 4.78 is 5.00. The highest BCUT2D eigenvalue weighted by atomic mass is 16.5. The third-order valence-corrected chi connectivity index (χ3v) is 3.08. The Morgan fingerprint density at radius 2 is 2.29 bits per heavy atom. The van der Waals surface area contributed by atoms with Gasteiger partial charge in [0.05, 0.1) is 7.11 Å². The lowest BCUT2D eigenvalue weighted by Gasteiger charge is -2.13. The maximum Gasteiger partial charge on any atom is 0.339 e. The second kappa shape index (κ2) is 4.63. The first-order chi connectivity index (χ1) is 8.13. The molecule has 1 heterocycles. The van der Waals surface area contributed by atoms with Crippen LogP contribution in [0.25, 0.3) is 0 Å². The van der Waals surface area contributed by atoms with E-state index in [0.29, 0.717) is 0 Å². The molecule has 0 radical (unpaired) electrons. The predicted octanol–water partition coefficient (Wildman–Crippen LogP) is 1.18. The Bertz CT molecular complexity index is 438. The van der Waals surface area contributed by atoms with Gasteiger partial charge in [-0.1, -0.05) is 0 Å². The van der Waals surface area contributed by atoms with Crippen LogP contribution in [0.15, 0.2) is 12.1 Å². The molecule has 3 N–H and O–H groups in total. The number of aromatic carboxylic acids is 1. The van der Waals surface area contributed by atoms with Crippen LogP contribution < -0.4 is 10.1 Å². The molecule has 92 valence electrons. The minimum Gasteiger partial charge on any atom is -0.504 e. The predicted molar refractivity (Wildman–Crippen MR) is 61.8 cm³/mol. The van der Waals surface area contributed by atoms with Gasteiger partial charge in [0, 0.05) is 6.54 Å². The van der Waals surface area contributed by atoms with Crippen molar-refractivity contribution in [1.29, 1.82) is 0 Å². The number of rotatable bonds is 3. The molecule has 1 aromatic rings. The number of aromatic hydroxyl groups is 1. The topological polar surface area (TPSA) is 78.8 Å². The molecule has 1 saturated heterocycles. The maximum atomic E-state index is 11.0. The van der Waals surface area contributed by atoms with Crippen LogP contribution in [0.1, 0.15) is 28.3 Å². The highest BCUT2D eigenvalue weighted by Gasteiger charge is 2.22. The summed E-state index contributed by atoms with van der Waals surface area (Å²) in [5, 5.41) is 21.9. The van der Waals surface area contributed by atoms with Crippen molar-refractivity contribution in [2.45, 2.75) is 12.3 Å². The number of hydrogen-bond acceptors (Lipinski definition) is 4. The summed E-state index contributed by atoms with van der Waals surface area (Å²) in [5.41, 5.74) is 0.785. The van der Waals surface area contributed by atoms with Gasteiger partial charge in [0.25, 0.3) is 0 Å². The molecule has 2 rings (SSSR count). The van der Waals surface area contributed by atoms with Crippen molar-refractivity contribution in [3.05, 3.63) is 23.3 Å². The van der Waals surface area contributed by atoms with E-state index >= 15 is 0 Å². The number of carbonyl (C=O) groups is 1. The van der Waals surface area contributed by atoms with E-state index in [1.807, 2.05) is 0 Å². The third kappa shape index (κ3) is 2.19. The smallest absolute Gasteiger partial charge is 0.339 e. The van der Waals surface area contributed by atoms with E-state index in [4.69, 9.17) is 9.84 Å². The van der Waals surface area contributed by atoms with Crippen LogP contribution in [0.5, 0.6) is 11.5 Å². The van der Waals surface area contributed by atoms with Crippen molar-refractivity contribution in [3.8, 4) is 11.5 Å². The lowest BCUT2D eigenvalue weighted by atomic mass is 9.95. The van der Waals surface area contributed by atoms with Crippen molar-refractivity contribution in [2.24, 2.45) is 0 Å². The molecule has 0 amide bonds. The van der Waals surface area contributed by atoms with Gasteiger partial charge in [-0.15, -0.1) is 0 Å². The molecule has 0 saturated carbocycles. The van der Waals surface area contributed by atoms with Gasteiger partial charge >= 0.3 is 5.97 Å². The first kappa shape index (κ1) is 11.7. The van der Waals surface area contributed by atoms with Gasteiger partial charge in [-0.25, -0.2) is 4.79 Å². The molecule has 5 heteroatoms. The van der Waals surface area contributed by atoms with E-state index < -0.39 is 5.97 Å². The fourth-order valence-electron chi connectivity index (χ4n) is 2.12. The molecular weight excluding hydrogens is 222 g/mol. The molecule has 17 heavy (non-hydrogen) atoms. The summed E-state index contributed by atoms with van der Waals surface area (Å²) in [5.74, 6) is -0.960. The number of benzene rings is 1. The Morgan fingerprint density at radius 1 is 1.53 bits per heavy atom. The van der Waals surface area contributed by atoms with Gasteiger partial charge in [0.2, 0.25) is 0 Å². The van der Waals surface area contributed by atoms with Crippen LogP contribution in [0, 0.1) is 0 Å². The van der Waals surface area contributed by atoms with Crippen LogP contribution in [-0.4, -0.2) is 36.4 Å². The Morgan fingerprint density at radius 3 is 2.82 bits per heavy atom. The average Bonchev–Trinajstić information content (AvgIpc) is 2.82. The summed E-state index contributed by atoms with van der Waals surface area (Å²) in [6.45, 7) is 1.75. The molecule has 1 aromatic carbocycles. The molecule has 5 nitrogen and oxygen atoms in total. The molecular formula is C12H15NO4. The van der Waals surface area contributed by atoms with Crippen LogP contribution >= 0.6 is 0 Å².